The van der Waals surface area contributed by atoms with Crippen LogP contribution < -0.4 is 20.3 Å². The second-order valence-electron chi connectivity index (χ2n) is 10.4. The van der Waals surface area contributed by atoms with Crippen molar-refractivity contribution in [3.8, 4) is 22.6 Å². The van der Waals surface area contributed by atoms with Crippen LogP contribution >= 0.6 is 0 Å². The van der Waals surface area contributed by atoms with E-state index in [4.69, 9.17) is 14.6 Å². The van der Waals surface area contributed by atoms with Crippen LogP contribution in [0.2, 0.25) is 0 Å². The molecular formula is C32H48N8O2. The molecule has 1 aliphatic carbocycles. The minimum atomic E-state index is 0.318. The summed E-state index contributed by atoms with van der Waals surface area (Å²) in [5, 5.41) is 17.5. The van der Waals surface area contributed by atoms with Crippen LogP contribution in [0.3, 0.4) is 0 Å². The molecule has 42 heavy (non-hydrogen) atoms. The first-order valence-electron chi connectivity index (χ1n) is 15.0. The Bertz CT molecular complexity index is 1220. The fraction of sp³-hybridized carbons (Fsp3) is 0.500. The van der Waals surface area contributed by atoms with E-state index in [0.717, 1.165) is 90.2 Å². The molecule has 0 heterocycles. The predicted octanol–water partition coefficient (Wildman–Crippen LogP) is 5.19. The Labute approximate surface area is 251 Å². The molecule has 0 radical (unpaired) electrons. The molecule has 0 spiro atoms. The maximum atomic E-state index is 6.17. The van der Waals surface area contributed by atoms with Crippen molar-refractivity contribution in [2.24, 2.45) is 20.4 Å². The van der Waals surface area contributed by atoms with Gasteiger partial charge in [0, 0.05) is 35.6 Å². The first-order chi connectivity index (χ1) is 20.3. The van der Waals surface area contributed by atoms with Gasteiger partial charge in [-0.05, 0) is 101 Å². The first kappa shape index (κ1) is 32.8. The van der Waals surface area contributed by atoms with Crippen LogP contribution in [0.4, 0.5) is 0 Å². The molecule has 228 valence electrons. The van der Waals surface area contributed by atoms with Crippen LogP contribution in [0.15, 0.2) is 56.8 Å². The maximum Gasteiger partial charge on any atom is 0.257 e. The molecule has 0 saturated carbocycles. The van der Waals surface area contributed by atoms with Gasteiger partial charge in [-0.3, -0.25) is 0 Å². The van der Waals surface area contributed by atoms with Gasteiger partial charge in [-0.1, -0.05) is 27.7 Å². The normalized spacial score (nSPS) is 12.1. The van der Waals surface area contributed by atoms with E-state index in [1.165, 1.54) is 0 Å². The average Bonchev–Trinajstić information content (AvgIpc) is 3.29. The lowest BCUT2D eigenvalue weighted by atomic mass is 10.1. The zero-order valence-electron chi connectivity index (χ0n) is 26.6. The second-order valence-corrected chi connectivity index (χ2v) is 10.4. The van der Waals surface area contributed by atoms with Crippen molar-refractivity contribution in [1.82, 2.24) is 20.7 Å². The van der Waals surface area contributed by atoms with Crippen LogP contribution in [-0.4, -0.2) is 85.4 Å². The number of nitrogens with one attached hydrogen (secondary N) is 2. The largest absolute Gasteiger partial charge is 0.492 e. The monoisotopic (exact) mass is 576 g/mol. The molecule has 2 aromatic rings. The lowest BCUT2D eigenvalue weighted by molar-refractivity contribution is 0.223. The summed E-state index contributed by atoms with van der Waals surface area (Å²) in [6.07, 6.45) is 0. The summed E-state index contributed by atoms with van der Waals surface area (Å²) < 4.78 is 12.3. The smallest absolute Gasteiger partial charge is 0.257 e. The SMILES string of the molecule is CCN(CC)CCOc1ccc2c(c1)C(=NN/C(=N\N=C(C)C)NN=C(C)C)c1cc(OCCN(CC)CC)ccc1-2. The topological polar surface area (TPSA) is 98.4 Å². The number of nitrogens with zero attached hydrogens (tertiary/aromatic N) is 6. The van der Waals surface area contributed by atoms with Crippen molar-refractivity contribution in [1.29, 1.82) is 0 Å². The molecule has 0 bridgehead atoms. The lowest BCUT2D eigenvalue weighted by Crippen LogP contribution is -2.32. The van der Waals surface area contributed by atoms with Crippen molar-refractivity contribution in [2.45, 2.75) is 55.4 Å². The fourth-order valence-electron chi connectivity index (χ4n) is 4.51. The van der Waals surface area contributed by atoms with Crippen LogP contribution in [-0.2, 0) is 0 Å². The highest BCUT2D eigenvalue weighted by atomic mass is 16.5. The van der Waals surface area contributed by atoms with Gasteiger partial charge in [0.05, 0.1) is 5.71 Å². The molecule has 0 fully saturated rings. The molecule has 3 rings (SSSR count). The van der Waals surface area contributed by atoms with E-state index in [2.05, 4.69) is 87.9 Å². The molecule has 0 unspecified atom stereocenters. The molecule has 0 saturated heterocycles. The van der Waals surface area contributed by atoms with E-state index in [1.807, 2.05) is 39.8 Å². The number of guanidine groups is 1. The third-order valence-corrected chi connectivity index (χ3v) is 6.93. The summed E-state index contributed by atoms with van der Waals surface area (Å²) in [6.45, 7) is 23.2. The van der Waals surface area contributed by atoms with E-state index in [1.54, 1.807) is 0 Å². The number of ether oxygens (including phenoxy) is 2. The highest BCUT2D eigenvalue weighted by Gasteiger charge is 2.27. The predicted molar refractivity (Wildman–Crippen MR) is 175 cm³/mol. The Hall–Kier alpha value is -3.76. The summed E-state index contributed by atoms with van der Waals surface area (Å²) in [5.74, 6) is 1.93. The van der Waals surface area contributed by atoms with Gasteiger partial charge in [-0.15, -0.1) is 5.10 Å². The van der Waals surface area contributed by atoms with Gasteiger partial charge in [-0.25, -0.2) is 10.9 Å². The molecule has 10 nitrogen and oxygen atoms in total. The maximum absolute atomic E-state index is 6.17. The van der Waals surface area contributed by atoms with Crippen molar-refractivity contribution in [2.75, 3.05) is 52.5 Å². The first-order valence-corrected chi connectivity index (χ1v) is 15.0. The van der Waals surface area contributed by atoms with Crippen LogP contribution in [0.25, 0.3) is 11.1 Å². The fourth-order valence-corrected chi connectivity index (χ4v) is 4.51. The Morgan fingerprint density at radius 1 is 0.643 bits per heavy atom. The molecule has 0 aromatic heterocycles. The van der Waals surface area contributed by atoms with Crippen molar-refractivity contribution >= 4 is 23.1 Å². The number of hydrogen-bond donors (Lipinski definition) is 2. The Balaban J connectivity index is 1.95. The Morgan fingerprint density at radius 3 is 1.57 bits per heavy atom. The van der Waals surface area contributed by atoms with Crippen molar-refractivity contribution in [3.05, 3.63) is 47.5 Å². The molecular weight excluding hydrogens is 528 g/mol. The van der Waals surface area contributed by atoms with E-state index < -0.39 is 0 Å². The summed E-state index contributed by atoms with van der Waals surface area (Å²) in [6, 6.07) is 12.4. The second kappa shape index (κ2) is 16.6. The summed E-state index contributed by atoms with van der Waals surface area (Å²) in [5.41, 5.74) is 12.5. The summed E-state index contributed by atoms with van der Waals surface area (Å²) in [4.78, 5) is 4.69. The molecule has 0 aliphatic heterocycles. The summed E-state index contributed by atoms with van der Waals surface area (Å²) >= 11 is 0. The van der Waals surface area contributed by atoms with Gasteiger partial charge in [0.25, 0.3) is 5.96 Å². The van der Waals surface area contributed by atoms with Crippen LogP contribution in [0, 0.1) is 0 Å². The average molecular weight is 577 g/mol. The Morgan fingerprint density at radius 2 is 1.14 bits per heavy atom. The molecule has 0 atom stereocenters. The van der Waals surface area contributed by atoms with Gasteiger partial charge >= 0.3 is 0 Å². The van der Waals surface area contributed by atoms with Crippen LogP contribution in [0.5, 0.6) is 11.5 Å². The molecule has 10 heteroatoms. The van der Waals surface area contributed by atoms with Crippen molar-refractivity contribution in [3.63, 3.8) is 0 Å². The highest BCUT2D eigenvalue weighted by Crippen LogP contribution is 2.40. The zero-order valence-corrected chi connectivity index (χ0v) is 26.6. The minimum Gasteiger partial charge on any atom is -0.492 e. The van der Waals surface area contributed by atoms with E-state index in [9.17, 15) is 0 Å². The number of fused-ring (bicyclic) bond motifs is 3. The third kappa shape index (κ3) is 9.39. The zero-order chi connectivity index (χ0) is 30.5. The number of rotatable bonds is 15. The standard InChI is InChI=1S/C32H48N8O2/c1-9-39(10-2)17-19-41-25-13-15-27-28-16-14-26(42-20-18-40(11-3)12-4)22-30(28)31(29(27)21-25)35-38-32(36-33-23(5)6)37-34-24(7)8/h13-16,21-22H,9-12,17-20H2,1-8H3,(H2,36,37,38). The van der Waals surface area contributed by atoms with Gasteiger partial charge in [0.2, 0.25) is 0 Å². The van der Waals surface area contributed by atoms with Gasteiger partial charge in [0.15, 0.2) is 0 Å². The Kier molecular flexibility index (Phi) is 13.0. The van der Waals surface area contributed by atoms with E-state index >= 15 is 0 Å². The third-order valence-electron chi connectivity index (χ3n) is 6.93. The number of hydrogen-bond acceptors (Lipinski definition) is 8. The molecule has 2 aromatic carbocycles. The minimum absolute atomic E-state index is 0.318. The molecule has 0 amide bonds. The number of likely N-dealkylation sites (N-methyl/N-ethyl adjacent to an activating group) is 2. The summed E-state index contributed by atoms with van der Waals surface area (Å²) in [7, 11) is 0. The number of hydrazone groups is 2. The molecule has 1 aliphatic rings. The quantitative estimate of drug-likeness (QED) is 0.147. The van der Waals surface area contributed by atoms with E-state index in [-0.39, 0.29) is 0 Å². The van der Waals surface area contributed by atoms with Crippen LogP contribution in [0.1, 0.15) is 66.5 Å². The van der Waals surface area contributed by atoms with Gasteiger partial charge < -0.3 is 19.3 Å². The molecule has 2 N–H and O–H groups in total. The van der Waals surface area contributed by atoms with Crippen molar-refractivity contribution < 1.29 is 9.47 Å². The highest BCUT2D eigenvalue weighted by molar-refractivity contribution is 6.25. The van der Waals surface area contributed by atoms with Gasteiger partial charge in [-0.2, -0.15) is 15.3 Å². The van der Waals surface area contributed by atoms with E-state index in [0.29, 0.717) is 19.2 Å². The van der Waals surface area contributed by atoms with Gasteiger partial charge in [0.1, 0.15) is 24.7 Å². The number of benzene rings is 2. The lowest BCUT2D eigenvalue weighted by Gasteiger charge is -2.18.